The number of nitrogens with one attached hydrogen (secondary N) is 1. The summed E-state index contributed by atoms with van der Waals surface area (Å²) in [4.78, 5) is 6.92. The molecule has 1 saturated heterocycles. The first-order valence-electron chi connectivity index (χ1n) is 13.2. The number of ether oxygens (including phenoxy) is 1. The van der Waals surface area contributed by atoms with Crippen LogP contribution in [-0.2, 0) is 0 Å². The molecule has 40 heavy (non-hydrogen) atoms. The van der Waals surface area contributed by atoms with E-state index in [1.807, 2.05) is 60.8 Å². The van der Waals surface area contributed by atoms with E-state index in [-0.39, 0.29) is 12.1 Å². The molecule has 2 aromatic heterocycles. The summed E-state index contributed by atoms with van der Waals surface area (Å²) in [6, 6.07) is 32.6. The van der Waals surface area contributed by atoms with Crippen molar-refractivity contribution in [1.29, 1.82) is 0 Å². The average molecular weight is 610 g/mol. The number of aromatic nitrogens is 2. The van der Waals surface area contributed by atoms with Gasteiger partial charge in [-0.1, -0.05) is 45.8 Å². The van der Waals surface area contributed by atoms with E-state index in [1.54, 1.807) is 0 Å². The van der Waals surface area contributed by atoms with Gasteiger partial charge in [-0.3, -0.25) is 4.98 Å². The normalized spacial score (nSPS) is 16.7. The molecule has 0 saturated carbocycles. The smallest absolute Gasteiger partial charge is 0.174 e. The molecule has 2 atom stereocenters. The maximum atomic E-state index is 6.09. The molecular formula is C33H29BrN4OS. The maximum absolute atomic E-state index is 6.09. The summed E-state index contributed by atoms with van der Waals surface area (Å²) < 4.78 is 9.44. The van der Waals surface area contributed by atoms with E-state index >= 15 is 0 Å². The summed E-state index contributed by atoms with van der Waals surface area (Å²) in [5.74, 6) is 1.58. The molecule has 5 nitrogen and oxygen atoms in total. The molecule has 0 radical (unpaired) electrons. The molecule has 200 valence electrons. The van der Waals surface area contributed by atoms with Gasteiger partial charge in [-0.05, 0) is 111 Å². The fourth-order valence-electron chi connectivity index (χ4n) is 5.47. The summed E-state index contributed by atoms with van der Waals surface area (Å²) in [5.41, 5.74) is 7.77. The van der Waals surface area contributed by atoms with Gasteiger partial charge in [0.1, 0.15) is 11.5 Å². The van der Waals surface area contributed by atoms with Crippen LogP contribution in [0.15, 0.2) is 108 Å². The zero-order valence-electron chi connectivity index (χ0n) is 22.5. The number of thiocarbonyl (C=S) groups is 1. The van der Waals surface area contributed by atoms with Crippen molar-refractivity contribution < 1.29 is 4.74 Å². The third-order valence-electron chi connectivity index (χ3n) is 7.32. The molecule has 5 aromatic rings. The van der Waals surface area contributed by atoms with Crippen molar-refractivity contribution >= 4 is 38.9 Å². The second-order valence-electron chi connectivity index (χ2n) is 10.0. The van der Waals surface area contributed by atoms with Crippen molar-refractivity contribution in [2.45, 2.75) is 32.9 Å². The van der Waals surface area contributed by atoms with Crippen molar-refractivity contribution in [3.8, 4) is 17.2 Å². The third kappa shape index (κ3) is 5.03. The molecule has 1 N–H and O–H groups in total. The van der Waals surface area contributed by atoms with Crippen molar-refractivity contribution in [2.75, 3.05) is 4.90 Å². The molecule has 0 spiro atoms. The SMILES string of the molecule is Cc1ccc(Oc2ccc(N3C(=S)N[C@H](c4ccccn4)[C@@H]3c3cc(C)n(-c4cccc(Br)c4)c3C)cc2)cc1. The molecule has 1 aliphatic rings. The van der Waals surface area contributed by atoms with Gasteiger partial charge in [0.2, 0.25) is 0 Å². The zero-order chi connectivity index (χ0) is 27.8. The van der Waals surface area contributed by atoms with E-state index in [0.717, 1.165) is 44.4 Å². The largest absolute Gasteiger partial charge is 0.457 e. The minimum atomic E-state index is -0.117. The topological polar surface area (TPSA) is 42.3 Å². The van der Waals surface area contributed by atoms with Crippen LogP contribution in [0.5, 0.6) is 11.5 Å². The summed E-state index contributed by atoms with van der Waals surface area (Å²) >= 11 is 9.60. The molecule has 1 fully saturated rings. The Hall–Kier alpha value is -3.94. The van der Waals surface area contributed by atoms with Crippen LogP contribution in [0.4, 0.5) is 5.69 Å². The first-order valence-corrected chi connectivity index (χ1v) is 14.4. The zero-order valence-corrected chi connectivity index (χ0v) is 24.9. The number of benzene rings is 3. The van der Waals surface area contributed by atoms with E-state index in [2.05, 4.69) is 93.9 Å². The van der Waals surface area contributed by atoms with Gasteiger partial charge in [0.25, 0.3) is 0 Å². The highest BCUT2D eigenvalue weighted by Crippen LogP contribution is 2.44. The van der Waals surface area contributed by atoms with E-state index in [0.29, 0.717) is 5.11 Å². The van der Waals surface area contributed by atoms with Crippen LogP contribution in [-0.4, -0.2) is 14.7 Å². The second-order valence-corrected chi connectivity index (χ2v) is 11.3. The first-order chi connectivity index (χ1) is 19.4. The molecule has 0 aliphatic carbocycles. The molecule has 0 amide bonds. The molecule has 0 bridgehead atoms. The van der Waals surface area contributed by atoms with Crippen molar-refractivity contribution in [1.82, 2.24) is 14.9 Å². The number of pyridine rings is 1. The first kappa shape index (κ1) is 26.3. The maximum Gasteiger partial charge on any atom is 0.174 e. The van der Waals surface area contributed by atoms with Crippen LogP contribution in [0, 0.1) is 20.8 Å². The van der Waals surface area contributed by atoms with E-state index in [4.69, 9.17) is 21.9 Å². The minimum Gasteiger partial charge on any atom is -0.457 e. The Morgan fingerprint density at radius 3 is 2.23 bits per heavy atom. The Kier molecular flexibility index (Phi) is 7.17. The van der Waals surface area contributed by atoms with E-state index < -0.39 is 0 Å². The summed E-state index contributed by atoms with van der Waals surface area (Å²) in [7, 11) is 0. The molecule has 3 heterocycles. The lowest BCUT2D eigenvalue weighted by atomic mass is 9.96. The highest BCUT2D eigenvalue weighted by molar-refractivity contribution is 9.10. The minimum absolute atomic E-state index is 0.0987. The van der Waals surface area contributed by atoms with E-state index in [9.17, 15) is 0 Å². The van der Waals surface area contributed by atoms with Crippen LogP contribution in [0.25, 0.3) is 5.69 Å². The van der Waals surface area contributed by atoms with Gasteiger partial charge in [0.15, 0.2) is 5.11 Å². The van der Waals surface area contributed by atoms with Crippen LogP contribution in [0.1, 0.15) is 40.3 Å². The molecule has 7 heteroatoms. The van der Waals surface area contributed by atoms with Crippen molar-refractivity contribution in [2.24, 2.45) is 0 Å². The fourth-order valence-corrected chi connectivity index (χ4v) is 6.20. The standard InChI is InChI=1S/C33H29BrN4OS/c1-21-10-14-27(15-11-21)39-28-16-12-25(13-17-28)38-32(31(36-33(38)40)30-9-4-5-18-35-30)29-19-22(2)37(23(29)3)26-8-6-7-24(34)20-26/h4-20,31-32H,1-3H3,(H,36,40)/t31-,32+/m1/s1. The number of hydrogen-bond donors (Lipinski definition) is 1. The van der Waals surface area contributed by atoms with Gasteiger partial charge in [0, 0.05) is 33.4 Å². The predicted molar refractivity (Wildman–Crippen MR) is 169 cm³/mol. The number of halogens is 1. The summed E-state index contributed by atoms with van der Waals surface area (Å²) in [6.45, 7) is 6.39. The van der Waals surface area contributed by atoms with Gasteiger partial charge in [-0.2, -0.15) is 0 Å². The average Bonchev–Trinajstić information content (AvgIpc) is 3.45. The lowest BCUT2D eigenvalue weighted by Crippen LogP contribution is -2.29. The van der Waals surface area contributed by atoms with Gasteiger partial charge in [-0.15, -0.1) is 0 Å². The number of nitrogens with zero attached hydrogens (tertiary/aromatic N) is 3. The van der Waals surface area contributed by atoms with Crippen LogP contribution < -0.4 is 15.0 Å². The molecule has 1 aliphatic heterocycles. The van der Waals surface area contributed by atoms with Gasteiger partial charge in [0.05, 0.1) is 17.8 Å². The predicted octanol–water partition coefficient (Wildman–Crippen LogP) is 8.53. The molecule has 6 rings (SSSR count). The molecular weight excluding hydrogens is 580 g/mol. The van der Waals surface area contributed by atoms with Crippen LogP contribution in [0.2, 0.25) is 0 Å². The number of anilines is 1. The summed E-state index contributed by atoms with van der Waals surface area (Å²) in [5, 5.41) is 4.25. The van der Waals surface area contributed by atoms with Crippen molar-refractivity contribution in [3.05, 3.63) is 136 Å². The number of rotatable bonds is 6. The summed E-state index contributed by atoms with van der Waals surface area (Å²) in [6.07, 6.45) is 1.84. The number of hydrogen-bond acceptors (Lipinski definition) is 3. The third-order valence-corrected chi connectivity index (χ3v) is 8.13. The second kappa shape index (κ2) is 10.9. The Bertz CT molecular complexity index is 1670. The van der Waals surface area contributed by atoms with Gasteiger partial charge < -0.3 is 19.5 Å². The molecule has 3 aromatic carbocycles. The van der Waals surface area contributed by atoms with Crippen LogP contribution in [0.3, 0.4) is 0 Å². The Morgan fingerprint density at radius 2 is 1.55 bits per heavy atom. The number of aryl methyl sites for hydroxylation is 2. The van der Waals surface area contributed by atoms with E-state index in [1.165, 1.54) is 11.1 Å². The van der Waals surface area contributed by atoms with Gasteiger partial charge in [-0.25, -0.2) is 0 Å². The van der Waals surface area contributed by atoms with Crippen LogP contribution >= 0.6 is 28.1 Å². The highest BCUT2D eigenvalue weighted by atomic mass is 79.9. The fraction of sp³-hybridized carbons (Fsp3) is 0.152. The monoisotopic (exact) mass is 608 g/mol. The highest BCUT2D eigenvalue weighted by Gasteiger charge is 2.42. The lowest BCUT2D eigenvalue weighted by Gasteiger charge is -2.28. The van der Waals surface area contributed by atoms with Crippen molar-refractivity contribution in [3.63, 3.8) is 0 Å². The lowest BCUT2D eigenvalue weighted by molar-refractivity contribution is 0.482. The van der Waals surface area contributed by atoms with Gasteiger partial charge >= 0.3 is 0 Å². The Labute approximate surface area is 248 Å². The Morgan fingerprint density at radius 1 is 0.825 bits per heavy atom. The molecule has 0 unspecified atom stereocenters. The Balaban J connectivity index is 1.41. The quantitative estimate of drug-likeness (QED) is 0.196.